The van der Waals surface area contributed by atoms with Gasteiger partial charge in [0, 0.05) is 13.2 Å². The SMILES string of the molecule is CCCNC(COC)C1CCC2CCCCC2C1. The number of ether oxygens (including phenoxy) is 1. The zero-order valence-corrected chi connectivity index (χ0v) is 12.3. The molecule has 1 N–H and O–H groups in total. The molecule has 2 nitrogen and oxygen atoms in total. The molecule has 0 bridgehead atoms. The molecule has 2 aliphatic rings. The van der Waals surface area contributed by atoms with Gasteiger partial charge in [0.25, 0.3) is 0 Å². The molecule has 4 unspecified atom stereocenters. The summed E-state index contributed by atoms with van der Waals surface area (Å²) in [6.45, 7) is 4.27. The van der Waals surface area contributed by atoms with E-state index in [9.17, 15) is 0 Å². The van der Waals surface area contributed by atoms with Crippen molar-refractivity contribution in [2.75, 3.05) is 20.3 Å². The highest BCUT2D eigenvalue weighted by atomic mass is 16.5. The Labute approximate surface area is 113 Å². The summed E-state index contributed by atoms with van der Waals surface area (Å²) in [6, 6.07) is 0.595. The fourth-order valence-electron chi connectivity index (χ4n) is 4.15. The van der Waals surface area contributed by atoms with Crippen molar-refractivity contribution in [3.63, 3.8) is 0 Å². The van der Waals surface area contributed by atoms with Gasteiger partial charge in [0.1, 0.15) is 0 Å². The summed E-state index contributed by atoms with van der Waals surface area (Å²) in [5.41, 5.74) is 0. The van der Waals surface area contributed by atoms with Gasteiger partial charge in [0.2, 0.25) is 0 Å². The van der Waals surface area contributed by atoms with E-state index in [1.54, 1.807) is 0 Å². The molecule has 106 valence electrons. The summed E-state index contributed by atoms with van der Waals surface area (Å²) in [5.74, 6) is 2.94. The van der Waals surface area contributed by atoms with Crippen LogP contribution in [-0.4, -0.2) is 26.3 Å². The van der Waals surface area contributed by atoms with Crippen LogP contribution in [0.5, 0.6) is 0 Å². The molecule has 0 spiro atoms. The minimum absolute atomic E-state index is 0.595. The molecule has 0 aromatic carbocycles. The van der Waals surface area contributed by atoms with Crippen LogP contribution in [0, 0.1) is 17.8 Å². The number of rotatable bonds is 6. The van der Waals surface area contributed by atoms with Crippen molar-refractivity contribution in [3.8, 4) is 0 Å². The third-order valence-corrected chi connectivity index (χ3v) is 5.15. The van der Waals surface area contributed by atoms with Crippen LogP contribution in [-0.2, 0) is 4.74 Å². The molecular weight excluding hydrogens is 222 g/mol. The normalized spacial score (nSPS) is 34.0. The van der Waals surface area contributed by atoms with Crippen molar-refractivity contribution in [2.24, 2.45) is 17.8 Å². The van der Waals surface area contributed by atoms with Crippen LogP contribution >= 0.6 is 0 Å². The van der Waals surface area contributed by atoms with Crippen molar-refractivity contribution >= 4 is 0 Å². The molecule has 18 heavy (non-hydrogen) atoms. The lowest BCUT2D eigenvalue weighted by Crippen LogP contribution is -2.44. The van der Waals surface area contributed by atoms with E-state index >= 15 is 0 Å². The maximum atomic E-state index is 5.43. The van der Waals surface area contributed by atoms with Crippen LogP contribution in [0.2, 0.25) is 0 Å². The molecule has 2 heteroatoms. The van der Waals surface area contributed by atoms with Gasteiger partial charge in [-0.05, 0) is 50.0 Å². The molecule has 2 aliphatic carbocycles. The van der Waals surface area contributed by atoms with E-state index < -0.39 is 0 Å². The van der Waals surface area contributed by atoms with Crippen molar-refractivity contribution in [1.82, 2.24) is 5.32 Å². The second-order valence-electron chi connectivity index (χ2n) is 6.39. The first kappa shape index (κ1) is 14.3. The summed E-state index contributed by atoms with van der Waals surface area (Å²) in [5, 5.41) is 3.71. The van der Waals surface area contributed by atoms with Crippen molar-refractivity contribution in [1.29, 1.82) is 0 Å². The molecule has 0 saturated heterocycles. The quantitative estimate of drug-likeness (QED) is 0.781. The number of hydrogen-bond acceptors (Lipinski definition) is 2. The molecule has 2 saturated carbocycles. The lowest BCUT2D eigenvalue weighted by molar-refractivity contribution is 0.0748. The molecular formula is C16H31NO. The molecule has 0 amide bonds. The van der Waals surface area contributed by atoms with Crippen LogP contribution in [0.15, 0.2) is 0 Å². The summed E-state index contributed by atoms with van der Waals surface area (Å²) < 4.78 is 5.43. The number of fused-ring (bicyclic) bond motifs is 1. The number of nitrogens with one attached hydrogen (secondary N) is 1. The van der Waals surface area contributed by atoms with Gasteiger partial charge >= 0.3 is 0 Å². The van der Waals surface area contributed by atoms with E-state index in [1.807, 2.05) is 7.11 Å². The summed E-state index contributed by atoms with van der Waals surface area (Å²) in [4.78, 5) is 0. The second-order valence-corrected chi connectivity index (χ2v) is 6.39. The maximum Gasteiger partial charge on any atom is 0.0618 e. The van der Waals surface area contributed by atoms with Gasteiger partial charge in [-0.1, -0.05) is 32.6 Å². The van der Waals surface area contributed by atoms with Gasteiger partial charge in [-0.3, -0.25) is 0 Å². The fourth-order valence-corrected chi connectivity index (χ4v) is 4.15. The monoisotopic (exact) mass is 253 g/mol. The average molecular weight is 253 g/mol. The van der Waals surface area contributed by atoms with E-state index in [1.165, 1.54) is 51.4 Å². The predicted molar refractivity (Wildman–Crippen MR) is 76.7 cm³/mol. The zero-order valence-electron chi connectivity index (χ0n) is 12.3. The third-order valence-electron chi connectivity index (χ3n) is 5.15. The Kier molecular flexibility index (Phi) is 5.97. The Balaban J connectivity index is 1.86. The Bertz CT molecular complexity index is 231. The molecule has 4 atom stereocenters. The van der Waals surface area contributed by atoms with Gasteiger partial charge in [-0.25, -0.2) is 0 Å². The van der Waals surface area contributed by atoms with Crippen LogP contribution in [0.1, 0.15) is 58.3 Å². The van der Waals surface area contributed by atoms with Crippen molar-refractivity contribution < 1.29 is 4.74 Å². The van der Waals surface area contributed by atoms with E-state index in [0.29, 0.717) is 6.04 Å². The van der Waals surface area contributed by atoms with Gasteiger partial charge in [0.15, 0.2) is 0 Å². The Morgan fingerprint density at radius 1 is 1.11 bits per heavy atom. The number of methoxy groups -OCH3 is 1. The highest BCUT2D eigenvalue weighted by Gasteiger charge is 2.35. The predicted octanol–water partition coefficient (Wildman–Crippen LogP) is 3.61. The lowest BCUT2D eigenvalue weighted by Gasteiger charge is -2.42. The largest absolute Gasteiger partial charge is 0.383 e. The highest BCUT2D eigenvalue weighted by molar-refractivity contribution is 4.88. The summed E-state index contributed by atoms with van der Waals surface area (Å²) in [7, 11) is 1.84. The van der Waals surface area contributed by atoms with Gasteiger partial charge in [0.05, 0.1) is 6.61 Å². The molecule has 2 rings (SSSR count). The van der Waals surface area contributed by atoms with Crippen LogP contribution < -0.4 is 5.32 Å². The first-order valence-corrected chi connectivity index (χ1v) is 8.07. The maximum absolute atomic E-state index is 5.43. The van der Waals surface area contributed by atoms with Gasteiger partial charge < -0.3 is 10.1 Å². The molecule has 0 aliphatic heterocycles. The zero-order chi connectivity index (χ0) is 12.8. The van der Waals surface area contributed by atoms with Crippen LogP contribution in [0.25, 0.3) is 0 Å². The smallest absolute Gasteiger partial charge is 0.0618 e. The van der Waals surface area contributed by atoms with Crippen LogP contribution in [0.4, 0.5) is 0 Å². The Morgan fingerprint density at radius 3 is 2.61 bits per heavy atom. The fraction of sp³-hybridized carbons (Fsp3) is 1.00. The average Bonchev–Trinajstić information content (AvgIpc) is 2.43. The first-order chi connectivity index (χ1) is 8.85. The topological polar surface area (TPSA) is 21.3 Å². The van der Waals surface area contributed by atoms with E-state index in [0.717, 1.165) is 30.9 Å². The molecule has 0 aromatic heterocycles. The molecule has 2 fully saturated rings. The third kappa shape index (κ3) is 3.71. The van der Waals surface area contributed by atoms with Crippen LogP contribution in [0.3, 0.4) is 0 Å². The van der Waals surface area contributed by atoms with E-state index in [2.05, 4.69) is 12.2 Å². The molecule has 0 aromatic rings. The Morgan fingerprint density at radius 2 is 1.89 bits per heavy atom. The lowest BCUT2D eigenvalue weighted by atomic mass is 9.66. The first-order valence-electron chi connectivity index (χ1n) is 8.07. The molecule has 0 radical (unpaired) electrons. The minimum Gasteiger partial charge on any atom is -0.383 e. The van der Waals surface area contributed by atoms with Gasteiger partial charge in [-0.15, -0.1) is 0 Å². The standard InChI is InChI=1S/C16H31NO/c1-3-10-17-16(12-18-2)15-9-8-13-6-4-5-7-14(13)11-15/h13-17H,3-12H2,1-2H3. The Hall–Kier alpha value is -0.0800. The van der Waals surface area contributed by atoms with E-state index in [4.69, 9.17) is 4.74 Å². The molecule has 0 heterocycles. The number of hydrogen-bond donors (Lipinski definition) is 1. The van der Waals surface area contributed by atoms with Crippen molar-refractivity contribution in [2.45, 2.75) is 64.3 Å². The second kappa shape index (κ2) is 7.49. The summed E-state index contributed by atoms with van der Waals surface area (Å²) in [6.07, 6.45) is 11.5. The summed E-state index contributed by atoms with van der Waals surface area (Å²) >= 11 is 0. The highest BCUT2D eigenvalue weighted by Crippen LogP contribution is 2.43. The van der Waals surface area contributed by atoms with E-state index in [-0.39, 0.29) is 0 Å². The van der Waals surface area contributed by atoms with Crippen molar-refractivity contribution in [3.05, 3.63) is 0 Å². The minimum atomic E-state index is 0.595. The van der Waals surface area contributed by atoms with Gasteiger partial charge in [-0.2, -0.15) is 0 Å².